The van der Waals surface area contributed by atoms with E-state index in [9.17, 15) is 4.79 Å². The van der Waals surface area contributed by atoms with Gasteiger partial charge < -0.3 is 5.32 Å². The molecular weight excluding hydrogens is 254 g/mol. The third kappa shape index (κ3) is 1.88. The van der Waals surface area contributed by atoms with Crippen molar-refractivity contribution < 1.29 is 4.79 Å². The number of fused-ring (bicyclic) bond motifs is 1. The van der Waals surface area contributed by atoms with Crippen molar-refractivity contribution in [2.75, 3.05) is 5.32 Å². The van der Waals surface area contributed by atoms with Gasteiger partial charge in [-0.2, -0.15) is 11.3 Å². The molecule has 1 aliphatic heterocycles. The zero-order valence-corrected chi connectivity index (χ0v) is 10.3. The van der Waals surface area contributed by atoms with Crippen LogP contribution in [0.3, 0.4) is 0 Å². The standard InChI is InChI=1S/C13H8ClNOS/c14-9-1-2-10-11(5-8-3-4-17-7-8)13(16)15-12(10)6-9/h1-7H,(H,15,16)/b11-5+. The predicted octanol–water partition coefficient (Wildman–Crippen LogP) is 3.89. The van der Waals surface area contributed by atoms with Gasteiger partial charge in [0.2, 0.25) is 0 Å². The summed E-state index contributed by atoms with van der Waals surface area (Å²) in [5, 5.41) is 7.43. The van der Waals surface area contributed by atoms with Gasteiger partial charge in [-0.3, -0.25) is 4.79 Å². The maximum absolute atomic E-state index is 11.8. The molecule has 1 aromatic carbocycles. The van der Waals surface area contributed by atoms with Crippen LogP contribution in [0.25, 0.3) is 11.6 Å². The van der Waals surface area contributed by atoms with E-state index < -0.39 is 0 Å². The van der Waals surface area contributed by atoms with Crippen molar-refractivity contribution in [1.29, 1.82) is 0 Å². The maximum Gasteiger partial charge on any atom is 0.256 e. The Morgan fingerprint density at radius 2 is 2.18 bits per heavy atom. The lowest BCUT2D eigenvalue weighted by Crippen LogP contribution is -2.03. The van der Waals surface area contributed by atoms with Crippen LogP contribution in [-0.4, -0.2) is 5.91 Å². The van der Waals surface area contributed by atoms with Gasteiger partial charge in [0.15, 0.2) is 0 Å². The Morgan fingerprint density at radius 1 is 1.29 bits per heavy atom. The fourth-order valence-electron chi connectivity index (χ4n) is 1.83. The summed E-state index contributed by atoms with van der Waals surface area (Å²) >= 11 is 7.50. The van der Waals surface area contributed by atoms with Crippen molar-refractivity contribution in [3.05, 3.63) is 51.2 Å². The molecule has 17 heavy (non-hydrogen) atoms. The Bertz CT molecular complexity index is 616. The largest absolute Gasteiger partial charge is 0.321 e. The lowest BCUT2D eigenvalue weighted by molar-refractivity contribution is -0.110. The molecule has 1 aromatic heterocycles. The van der Waals surface area contributed by atoms with E-state index in [0.29, 0.717) is 10.6 Å². The van der Waals surface area contributed by atoms with E-state index in [1.54, 1.807) is 23.5 Å². The number of halogens is 1. The van der Waals surface area contributed by atoms with Crippen LogP contribution in [0, 0.1) is 0 Å². The third-order valence-electron chi connectivity index (χ3n) is 2.62. The van der Waals surface area contributed by atoms with E-state index in [2.05, 4.69) is 5.32 Å². The van der Waals surface area contributed by atoms with Gasteiger partial charge in [-0.1, -0.05) is 17.7 Å². The van der Waals surface area contributed by atoms with Crippen LogP contribution in [0.2, 0.25) is 5.02 Å². The average Bonchev–Trinajstić information content (AvgIpc) is 2.88. The Hall–Kier alpha value is -1.58. The first-order valence-electron chi connectivity index (χ1n) is 5.09. The van der Waals surface area contributed by atoms with Crippen molar-refractivity contribution in [2.24, 2.45) is 0 Å². The first kappa shape index (κ1) is 10.6. The highest BCUT2D eigenvalue weighted by Crippen LogP contribution is 2.34. The fourth-order valence-corrected chi connectivity index (χ4v) is 2.62. The van der Waals surface area contributed by atoms with Crippen LogP contribution >= 0.6 is 22.9 Å². The minimum Gasteiger partial charge on any atom is -0.321 e. The Kier molecular flexibility index (Phi) is 2.50. The lowest BCUT2D eigenvalue weighted by atomic mass is 10.1. The van der Waals surface area contributed by atoms with Gasteiger partial charge in [-0.05, 0) is 40.6 Å². The summed E-state index contributed by atoms with van der Waals surface area (Å²) in [5.41, 5.74) is 3.42. The van der Waals surface area contributed by atoms with Crippen LogP contribution in [0.5, 0.6) is 0 Å². The number of nitrogens with one attached hydrogen (secondary N) is 1. The number of amides is 1. The second-order valence-electron chi connectivity index (χ2n) is 3.76. The van der Waals surface area contributed by atoms with E-state index in [-0.39, 0.29) is 5.91 Å². The van der Waals surface area contributed by atoms with E-state index in [0.717, 1.165) is 16.8 Å². The predicted molar refractivity (Wildman–Crippen MR) is 72.3 cm³/mol. The average molecular weight is 262 g/mol. The first-order valence-corrected chi connectivity index (χ1v) is 6.41. The number of thiophene rings is 1. The van der Waals surface area contributed by atoms with Gasteiger partial charge in [0, 0.05) is 16.2 Å². The summed E-state index contributed by atoms with van der Waals surface area (Å²) in [6.07, 6.45) is 1.89. The normalized spacial score (nSPS) is 16.1. The Morgan fingerprint density at radius 3 is 2.94 bits per heavy atom. The molecule has 4 heteroatoms. The Balaban J connectivity index is 2.11. The van der Waals surface area contributed by atoms with Gasteiger partial charge in [0.25, 0.3) is 5.91 Å². The van der Waals surface area contributed by atoms with E-state index >= 15 is 0 Å². The molecule has 1 amide bonds. The zero-order chi connectivity index (χ0) is 11.8. The molecule has 0 fully saturated rings. The van der Waals surface area contributed by atoms with Crippen LogP contribution in [0.1, 0.15) is 11.1 Å². The molecule has 0 bridgehead atoms. The first-order chi connectivity index (χ1) is 8.24. The van der Waals surface area contributed by atoms with Gasteiger partial charge in [0.1, 0.15) is 0 Å². The highest BCUT2D eigenvalue weighted by atomic mass is 35.5. The van der Waals surface area contributed by atoms with Crippen molar-refractivity contribution >= 4 is 46.2 Å². The summed E-state index contributed by atoms with van der Waals surface area (Å²) in [5.74, 6) is -0.0755. The second-order valence-corrected chi connectivity index (χ2v) is 4.98. The van der Waals surface area contributed by atoms with E-state index in [1.165, 1.54) is 0 Å². The molecule has 2 aromatic rings. The molecule has 2 heterocycles. The molecule has 0 saturated heterocycles. The van der Waals surface area contributed by atoms with Crippen LogP contribution in [0.4, 0.5) is 5.69 Å². The number of hydrogen-bond acceptors (Lipinski definition) is 2. The lowest BCUT2D eigenvalue weighted by Gasteiger charge is -1.98. The highest BCUT2D eigenvalue weighted by Gasteiger charge is 2.23. The number of anilines is 1. The van der Waals surface area contributed by atoms with Crippen molar-refractivity contribution in [3.63, 3.8) is 0 Å². The van der Waals surface area contributed by atoms with Gasteiger partial charge in [-0.25, -0.2) is 0 Å². The van der Waals surface area contributed by atoms with Gasteiger partial charge in [0.05, 0.1) is 5.69 Å². The SMILES string of the molecule is O=C1Nc2cc(Cl)ccc2/C1=C\c1ccsc1. The van der Waals surface area contributed by atoms with Crippen LogP contribution in [0.15, 0.2) is 35.0 Å². The molecule has 0 aliphatic carbocycles. The van der Waals surface area contributed by atoms with Crippen LogP contribution in [-0.2, 0) is 4.79 Å². The molecule has 0 unspecified atom stereocenters. The monoisotopic (exact) mass is 261 g/mol. The number of hydrogen-bond donors (Lipinski definition) is 1. The second kappa shape index (κ2) is 4.02. The number of carbonyl (C=O) groups is 1. The van der Waals surface area contributed by atoms with Crippen molar-refractivity contribution in [1.82, 2.24) is 0 Å². The van der Waals surface area contributed by atoms with Crippen molar-refractivity contribution in [3.8, 4) is 0 Å². The van der Waals surface area contributed by atoms with Crippen molar-refractivity contribution in [2.45, 2.75) is 0 Å². The molecular formula is C13H8ClNOS. The van der Waals surface area contributed by atoms with Gasteiger partial charge >= 0.3 is 0 Å². The van der Waals surface area contributed by atoms with Crippen LogP contribution < -0.4 is 5.32 Å². The highest BCUT2D eigenvalue weighted by molar-refractivity contribution is 7.08. The molecule has 2 nitrogen and oxygen atoms in total. The topological polar surface area (TPSA) is 29.1 Å². The summed E-state index contributed by atoms with van der Waals surface area (Å²) in [6.45, 7) is 0. The summed E-state index contributed by atoms with van der Waals surface area (Å²) in [6, 6.07) is 7.41. The maximum atomic E-state index is 11.8. The molecule has 3 rings (SSSR count). The number of rotatable bonds is 1. The molecule has 0 atom stereocenters. The minimum atomic E-state index is -0.0755. The number of carbonyl (C=O) groups excluding carboxylic acids is 1. The Labute approximate surface area is 108 Å². The number of benzene rings is 1. The van der Waals surface area contributed by atoms with E-state index in [1.807, 2.05) is 29.0 Å². The molecule has 0 radical (unpaired) electrons. The summed E-state index contributed by atoms with van der Waals surface area (Å²) in [4.78, 5) is 11.8. The summed E-state index contributed by atoms with van der Waals surface area (Å²) < 4.78 is 0. The molecule has 1 aliphatic rings. The summed E-state index contributed by atoms with van der Waals surface area (Å²) in [7, 11) is 0. The third-order valence-corrected chi connectivity index (χ3v) is 3.56. The molecule has 0 spiro atoms. The minimum absolute atomic E-state index is 0.0755. The zero-order valence-electron chi connectivity index (χ0n) is 8.74. The molecule has 0 saturated carbocycles. The smallest absolute Gasteiger partial charge is 0.256 e. The van der Waals surface area contributed by atoms with Gasteiger partial charge in [-0.15, -0.1) is 0 Å². The van der Waals surface area contributed by atoms with E-state index in [4.69, 9.17) is 11.6 Å². The quantitative estimate of drug-likeness (QED) is 0.775. The molecule has 1 N–H and O–H groups in total. The fraction of sp³-hybridized carbons (Fsp3) is 0. The molecule has 84 valence electrons.